The van der Waals surface area contributed by atoms with E-state index in [1.54, 1.807) is 12.1 Å². The van der Waals surface area contributed by atoms with E-state index >= 15 is 0 Å². The van der Waals surface area contributed by atoms with Crippen molar-refractivity contribution in [2.75, 3.05) is 6.54 Å². The van der Waals surface area contributed by atoms with Gasteiger partial charge in [-0.15, -0.1) is 0 Å². The lowest BCUT2D eigenvalue weighted by Crippen LogP contribution is -2.26. The van der Waals surface area contributed by atoms with Crippen LogP contribution in [-0.4, -0.2) is 21.0 Å². The number of rotatable bonds is 11. The minimum Gasteiger partial charge on any atom is -0.326 e. The second-order valence-electron chi connectivity index (χ2n) is 8.77. The van der Waals surface area contributed by atoms with Crippen LogP contribution in [0.5, 0.6) is 0 Å². The number of imidazole rings is 1. The lowest BCUT2D eigenvalue weighted by molar-refractivity contribution is 0.243. The number of benzene rings is 3. The predicted octanol–water partition coefficient (Wildman–Crippen LogP) is 7.57. The molecule has 4 heteroatoms. The molecule has 0 unspecified atom stereocenters. The third-order valence-electron chi connectivity index (χ3n) is 6.15. The molecule has 0 saturated heterocycles. The summed E-state index contributed by atoms with van der Waals surface area (Å²) in [4.78, 5) is 7.56. The fraction of sp³-hybridized carbons (Fsp3) is 0.300. The number of nitrogens with zero attached hydrogens (tertiary/aromatic N) is 3. The highest BCUT2D eigenvalue weighted by Crippen LogP contribution is 2.31. The fourth-order valence-electron chi connectivity index (χ4n) is 4.42. The maximum absolute atomic E-state index is 14.5. The number of unbranched alkanes of at least 4 members (excludes halogenated alkanes) is 1. The average Bonchev–Trinajstić information content (AvgIpc) is 3.23. The van der Waals surface area contributed by atoms with E-state index in [9.17, 15) is 4.39 Å². The first kappa shape index (κ1) is 23.9. The van der Waals surface area contributed by atoms with E-state index in [2.05, 4.69) is 71.8 Å². The van der Waals surface area contributed by atoms with Crippen LogP contribution in [0.25, 0.3) is 22.6 Å². The van der Waals surface area contributed by atoms with Crippen molar-refractivity contribution in [2.45, 2.75) is 52.7 Å². The summed E-state index contributed by atoms with van der Waals surface area (Å²) < 4.78 is 16.9. The summed E-state index contributed by atoms with van der Waals surface area (Å²) >= 11 is 0. The molecule has 0 radical (unpaired) electrons. The fourth-order valence-corrected chi connectivity index (χ4v) is 4.42. The standard InChI is InChI=1S/C30H34FN3/c1-3-5-21-33(22-26-18-12-13-19-27(26)31)23-28-29(24-14-8-6-9-15-24)32-30(34(28)20-4-2)25-16-10-7-11-17-25/h6-19H,3-5,20-23H2,1-2H3. The van der Waals surface area contributed by atoms with Gasteiger partial charge < -0.3 is 4.57 Å². The highest BCUT2D eigenvalue weighted by molar-refractivity contribution is 5.68. The summed E-state index contributed by atoms with van der Waals surface area (Å²) in [5, 5.41) is 0. The minimum atomic E-state index is -0.140. The van der Waals surface area contributed by atoms with Crippen molar-refractivity contribution in [1.29, 1.82) is 0 Å². The van der Waals surface area contributed by atoms with Crippen molar-refractivity contribution in [3.63, 3.8) is 0 Å². The Morgan fingerprint density at radius 3 is 2.06 bits per heavy atom. The SMILES string of the molecule is CCCCN(Cc1ccccc1F)Cc1c(-c2ccccc2)nc(-c2ccccc2)n1CCC. The van der Waals surface area contributed by atoms with Crippen molar-refractivity contribution in [2.24, 2.45) is 0 Å². The first-order valence-corrected chi connectivity index (χ1v) is 12.4. The first-order valence-electron chi connectivity index (χ1n) is 12.4. The Bertz CT molecular complexity index is 1170. The zero-order chi connectivity index (χ0) is 23.8. The second kappa shape index (κ2) is 11.8. The highest BCUT2D eigenvalue weighted by atomic mass is 19.1. The van der Waals surface area contributed by atoms with Gasteiger partial charge in [0.2, 0.25) is 0 Å². The Kier molecular flexibility index (Phi) is 8.26. The first-order chi connectivity index (χ1) is 16.7. The Hall–Kier alpha value is -3.24. The molecule has 34 heavy (non-hydrogen) atoms. The molecule has 1 aromatic heterocycles. The summed E-state index contributed by atoms with van der Waals surface area (Å²) in [6.07, 6.45) is 3.19. The third-order valence-corrected chi connectivity index (χ3v) is 6.15. The van der Waals surface area contributed by atoms with Gasteiger partial charge in [0.1, 0.15) is 11.6 Å². The van der Waals surface area contributed by atoms with Gasteiger partial charge in [0.05, 0.1) is 11.4 Å². The largest absolute Gasteiger partial charge is 0.326 e. The van der Waals surface area contributed by atoms with Gasteiger partial charge >= 0.3 is 0 Å². The van der Waals surface area contributed by atoms with Crippen LogP contribution in [0.4, 0.5) is 4.39 Å². The van der Waals surface area contributed by atoms with Crippen molar-refractivity contribution in [3.8, 4) is 22.6 Å². The van der Waals surface area contributed by atoms with E-state index in [-0.39, 0.29) is 5.82 Å². The highest BCUT2D eigenvalue weighted by Gasteiger charge is 2.22. The molecule has 176 valence electrons. The summed E-state index contributed by atoms with van der Waals surface area (Å²) in [7, 11) is 0. The number of aromatic nitrogens is 2. The van der Waals surface area contributed by atoms with Crippen LogP contribution < -0.4 is 0 Å². The lowest BCUT2D eigenvalue weighted by atomic mass is 10.1. The van der Waals surface area contributed by atoms with Gasteiger partial charge in [0.25, 0.3) is 0 Å². The summed E-state index contributed by atoms with van der Waals surface area (Å²) in [5.41, 5.74) is 5.19. The maximum Gasteiger partial charge on any atom is 0.140 e. The third kappa shape index (κ3) is 5.63. The summed E-state index contributed by atoms with van der Waals surface area (Å²) in [5.74, 6) is 0.858. The summed E-state index contributed by atoms with van der Waals surface area (Å²) in [6.45, 7) is 7.51. The Morgan fingerprint density at radius 1 is 0.765 bits per heavy atom. The molecule has 0 atom stereocenters. The average molecular weight is 456 g/mol. The van der Waals surface area contributed by atoms with Crippen molar-refractivity contribution in [3.05, 3.63) is 102 Å². The molecule has 0 bridgehead atoms. The number of hydrogen-bond acceptors (Lipinski definition) is 2. The van der Waals surface area contributed by atoms with Gasteiger partial charge in [-0.1, -0.05) is 99.1 Å². The van der Waals surface area contributed by atoms with Crippen LogP contribution in [0.1, 0.15) is 44.4 Å². The molecule has 1 heterocycles. The molecule has 4 rings (SSSR count). The number of halogens is 1. The molecule has 0 aliphatic carbocycles. The quantitative estimate of drug-likeness (QED) is 0.233. The Labute approximate surface area is 202 Å². The monoisotopic (exact) mass is 455 g/mol. The van der Waals surface area contributed by atoms with Crippen LogP contribution in [0, 0.1) is 5.82 Å². The van der Waals surface area contributed by atoms with Gasteiger partial charge in [-0.3, -0.25) is 4.90 Å². The van der Waals surface area contributed by atoms with Gasteiger partial charge in [-0.25, -0.2) is 9.37 Å². The van der Waals surface area contributed by atoms with Crippen LogP contribution >= 0.6 is 0 Å². The lowest BCUT2D eigenvalue weighted by Gasteiger charge is -2.24. The van der Waals surface area contributed by atoms with E-state index in [0.717, 1.165) is 67.1 Å². The molecule has 0 saturated carbocycles. The molecule has 3 nitrogen and oxygen atoms in total. The normalized spacial score (nSPS) is 11.3. The Balaban J connectivity index is 1.80. The van der Waals surface area contributed by atoms with E-state index in [4.69, 9.17) is 4.98 Å². The van der Waals surface area contributed by atoms with Crippen LogP contribution in [0.15, 0.2) is 84.9 Å². The van der Waals surface area contributed by atoms with Gasteiger partial charge in [0, 0.05) is 36.3 Å². The van der Waals surface area contributed by atoms with Crippen molar-refractivity contribution >= 4 is 0 Å². The maximum atomic E-state index is 14.5. The van der Waals surface area contributed by atoms with Crippen molar-refractivity contribution < 1.29 is 4.39 Å². The molecular weight excluding hydrogens is 421 g/mol. The molecule has 0 aliphatic rings. The van der Waals surface area contributed by atoms with Crippen LogP contribution in [0.3, 0.4) is 0 Å². The predicted molar refractivity (Wildman–Crippen MR) is 139 cm³/mol. The van der Waals surface area contributed by atoms with Gasteiger partial charge in [0.15, 0.2) is 0 Å². The van der Waals surface area contributed by atoms with E-state index in [1.165, 1.54) is 5.69 Å². The van der Waals surface area contributed by atoms with Crippen molar-refractivity contribution in [1.82, 2.24) is 14.5 Å². The van der Waals surface area contributed by atoms with E-state index in [0.29, 0.717) is 6.54 Å². The van der Waals surface area contributed by atoms with Crippen LogP contribution in [0.2, 0.25) is 0 Å². The molecule has 3 aromatic carbocycles. The summed E-state index contributed by atoms with van der Waals surface area (Å²) in [6, 6.07) is 28.0. The topological polar surface area (TPSA) is 21.1 Å². The molecule has 0 N–H and O–H groups in total. The minimum absolute atomic E-state index is 0.140. The van der Waals surface area contributed by atoms with Crippen LogP contribution in [-0.2, 0) is 19.6 Å². The molecule has 0 aliphatic heterocycles. The zero-order valence-electron chi connectivity index (χ0n) is 20.3. The van der Waals surface area contributed by atoms with E-state index in [1.807, 2.05) is 24.3 Å². The van der Waals surface area contributed by atoms with Gasteiger partial charge in [-0.2, -0.15) is 0 Å². The number of hydrogen-bond donors (Lipinski definition) is 0. The van der Waals surface area contributed by atoms with E-state index < -0.39 is 0 Å². The molecule has 4 aromatic rings. The molecule has 0 fully saturated rings. The molecular formula is C30H34FN3. The second-order valence-corrected chi connectivity index (χ2v) is 8.77. The zero-order valence-corrected chi connectivity index (χ0v) is 20.3. The molecule has 0 spiro atoms. The Morgan fingerprint density at radius 2 is 1.41 bits per heavy atom. The van der Waals surface area contributed by atoms with Gasteiger partial charge in [-0.05, 0) is 25.5 Å². The molecule has 0 amide bonds. The smallest absolute Gasteiger partial charge is 0.140 e.